The molecule has 1 aromatic rings. The molecule has 0 spiro atoms. The highest BCUT2D eigenvalue weighted by Gasteiger charge is 2.24. The molecule has 0 saturated heterocycles. The fraction of sp³-hybridized carbons (Fsp3) is 0.562. The lowest BCUT2D eigenvalue weighted by molar-refractivity contribution is 0.336. The highest BCUT2D eigenvalue weighted by Crippen LogP contribution is 2.31. The van der Waals surface area contributed by atoms with E-state index >= 15 is 0 Å². The van der Waals surface area contributed by atoms with Gasteiger partial charge in [-0.15, -0.1) is 0 Å². The quantitative estimate of drug-likeness (QED) is 0.855. The van der Waals surface area contributed by atoms with Crippen molar-refractivity contribution in [2.75, 3.05) is 11.9 Å². The number of anilines is 1. The maximum atomic E-state index is 5.88. The molecule has 1 fully saturated rings. The summed E-state index contributed by atoms with van der Waals surface area (Å²) in [5, 5.41) is 0. The van der Waals surface area contributed by atoms with Gasteiger partial charge in [-0.3, -0.25) is 0 Å². The zero-order valence-electron chi connectivity index (χ0n) is 12.1. The molecule has 19 heavy (non-hydrogen) atoms. The van der Waals surface area contributed by atoms with Crippen LogP contribution in [0.3, 0.4) is 0 Å². The fourth-order valence-electron chi connectivity index (χ4n) is 3.11. The second kappa shape index (κ2) is 5.91. The third-order valence-electron chi connectivity index (χ3n) is 4.25. The maximum Gasteiger partial charge on any atom is 0.106 e. The molecule has 0 bridgehead atoms. The number of rotatable bonds is 3. The second-order valence-electron chi connectivity index (χ2n) is 5.92. The van der Waals surface area contributed by atoms with Crippen molar-refractivity contribution in [1.82, 2.24) is 0 Å². The van der Waals surface area contributed by atoms with Gasteiger partial charge in [-0.1, -0.05) is 43.6 Å². The van der Waals surface area contributed by atoms with Crippen LogP contribution in [0.25, 0.3) is 0 Å². The number of nitrogens with two attached hydrogens (primary N) is 1. The van der Waals surface area contributed by atoms with E-state index in [0.29, 0.717) is 11.0 Å². The Hall–Kier alpha value is -1.09. The van der Waals surface area contributed by atoms with Gasteiger partial charge < -0.3 is 10.6 Å². The average Bonchev–Trinajstić information content (AvgIpc) is 2.37. The van der Waals surface area contributed by atoms with Gasteiger partial charge in [-0.25, -0.2) is 0 Å². The Morgan fingerprint density at radius 1 is 1.37 bits per heavy atom. The van der Waals surface area contributed by atoms with Crippen molar-refractivity contribution in [1.29, 1.82) is 0 Å². The molecular weight excluding hydrogens is 252 g/mol. The van der Waals surface area contributed by atoms with Crippen LogP contribution in [0.2, 0.25) is 0 Å². The minimum Gasteiger partial charge on any atom is -0.389 e. The fourth-order valence-corrected chi connectivity index (χ4v) is 3.27. The monoisotopic (exact) mass is 276 g/mol. The van der Waals surface area contributed by atoms with Crippen LogP contribution in [0.4, 0.5) is 5.69 Å². The number of aryl methyl sites for hydroxylation is 1. The molecular formula is C16H24N2S. The molecule has 1 aliphatic carbocycles. The molecule has 2 nitrogen and oxygen atoms in total. The Labute approximate surface area is 122 Å². The molecule has 0 aliphatic heterocycles. The molecule has 3 heteroatoms. The summed E-state index contributed by atoms with van der Waals surface area (Å²) in [5.41, 5.74) is 9.28. The molecule has 2 rings (SSSR count). The summed E-state index contributed by atoms with van der Waals surface area (Å²) in [7, 11) is 2.18. The van der Waals surface area contributed by atoms with Crippen LogP contribution in [-0.4, -0.2) is 18.1 Å². The van der Waals surface area contributed by atoms with E-state index in [1.54, 1.807) is 0 Å². The topological polar surface area (TPSA) is 29.3 Å². The van der Waals surface area contributed by atoms with E-state index in [0.717, 1.165) is 11.5 Å². The molecule has 0 aromatic heterocycles. The van der Waals surface area contributed by atoms with Gasteiger partial charge in [0.2, 0.25) is 0 Å². The number of thiocarbonyl (C=S) groups is 1. The minimum atomic E-state index is 0.495. The van der Waals surface area contributed by atoms with Crippen LogP contribution in [0.1, 0.15) is 43.7 Å². The first-order valence-electron chi connectivity index (χ1n) is 7.12. The number of benzene rings is 1. The molecule has 104 valence electrons. The maximum absolute atomic E-state index is 5.88. The van der Waals surface area contributed by atoms with Gasteiger partial charge in [0.1, 0.15) is 4.99 Å². The SMILES string of the molecule is Cc1ccc(N(C)C2CCCC(C)C2)c(C(N)=S)c1. The molecule has 0 amide bonds. The van der Waals surface area contributed by atoms with Gasteiger partial charge in [-0.05, 0) is 37.8 Å². The Balaban J connectivity index is 2.27. The van der Waals surface area contributed by atoms with Crippen LogP contribution in [0, 0.1) is 12.8 Å². The lowest BCUT2D eigenvalue weighted by Crippen LogP contribution is -2.36. The van der Waals surface area contributed by atoms with Crippen LogP contribution in [0.15, 0.2) is 18.2 Å². The van der Waals surface area contributed by atoms with Crippen molar-refractivity contribution < 1.29 is 0 Å². The number of hydrogen-bond acceptors (Lipinski definition) is 2. The van der Waals surface area contributed by atoms with Gasteiger partial charge in [0.05, 0.1) is 0 Å². The summed E-state index contributed by atoms with van der Waals surface area (Å²) in [6.07, 6.45) is 5.22. The van der Waals surface area contributed by atoms with Crippen molar-refractivity contribution >= 4 is 22.9 Å². The normalized spacial score (nSPS) is 23.1. The first kappa shape index (κ1) is 14.3. The molecule has 1 aliphatic rings. The van der Waals surface area contributed by atoms with E-state index < -0.39 is 0 Å². The van der Waals surface area contributed by atoms with Crippen LogP contribution >= 0.6 is 12.2 Å². The standard InChI is InChI=1S/C16H24N2S/c1-11-5-4-6-13(9-11)18(3)15-8-7-12(2)10-14(15)16(17)19/h7-8,10-11,13H,4-6,9H2,1-3H3,(H2,17,19). The summed E-state index contributed by atoms with van der Waals surface area (Å²) in [6, 6.07) is 7.00. The Morgan fingerprint density at radius 2 is 2.11 bits per heavy atom. The summed E-state index contributed by atoms with van der Waals surface area (Å²) in [6.45, 7) is 4.43. The van der Waals surface area contributed by atoms with E-state index in [1.165, 1.54) is 36.9 Å². The van der Waals surface area contributed by atoms with Gasteiger partial charge in [0, 0.05) is 24.3 Å². The van der Waals surface area contributed by atoms with E-state index in [2.05, 4.69) is 44.0 Å². The summed E-state index contributed by atoms with van der Waals surface area (Å²) < 4.78 is 0. The largest absolute Gasteiger partial charge is 0.389 e. The summed E-state index contributed by atoms with van der Waals surface area (Å²) >= 11 is 5.20. The summed E-state index contributed by atoms with van der Waals surface area (Å²) in [4.78, 5) is 2.87. The predicted octanol–water partition coefficient (Wildman–Crippen LogP) is 3.64. The third-order valence-corrected chi connectivity index (χ3v) is 4.47. The third kappa shape index (κ3) is 3.27. The number of nitrogens with zero attached hydrogens (tertiary/aromatic N) is 1. The molecule has 0 radical (unpaired) electrons. The van der Waals surface area contributed by atoms with Crippen molar-refractivity contribution in [2.24, 2.45) is 11.7 Å². The van der Waals surface area contributed by atoms with Gasteiger partial charge in [-0.2, -0.15) is 0 Å². The van der Waals surface area contributed by atoms with Crippen LogP contribution in [0.5, 0.6) is 0 Å². The molecule has 2 unspecified atom stereocenters. The van der Waals surface area contributed by atoms with E-state index in [9.17, 15) is 0 Å². The number of hydrogen-bond donors (Lipinski definition) is 1. The highest BCUT2D eigenvalue weighted by atomic mass is 32.1. The van der Waals surface area contributed by atoms with Gasteiger partial charge >= 0.3 is 0 Å². The molecule has 2 N–H and O–H groups in total. The smallest absolute Gasteiger partial charge is 0.106 e. The van der Waals surface area contributed by atoms with Crippen molar-refractivity contribution in [2.45, 2.75) is 45.6 Å². The molecule has 2 atom stereocenters. The first-order chi connectivity index (χ1) is 8.99. The zero-order valence-corrected chi connectivity index (χ0v) is 13.0. The predicted molar refractivity (Wildman–Crippen MR) is 86.9 cm³/mol. The second-order valence-corrected chi connectivity index (χ2v) is 6.36. The van der Waals surface area contributed by atoms with Crippen molar-refractivity contribution in [3.8, 4) is 0 Å². The van der Waals surface area contributed by atoms with Crippen molar-refractivity contribution in [3.05, 3.63) is 29.3 Å². The minimum absolute atomic E-state index is 0.495. The lowest BCUT2D eigenvalue weighted by atomic mass is 9.86. The van der Waals surface area contributed by atoms with E-state index in [4.69, 9.17) is 18.0 Å². The average molecular weight is 276 g/mol. The molecule has 0 heterocycles. The Kier molecular flexibility index (Phi) is 4.46. The highest BCUT2D eigenvalue weighted by molar-refractivity contribution is 7.80. The molecule has 1 saturated carbocycles. The lowest BCUT2D eigenvalue weighted by Gasteiger charge is -2.36. The first-order valence-corrected chi connectivity index (χ1v) is 7.53. The van der Waals surface area contributed by atoms with E-state index in [1.807, 2.05) is 0 Å². The Morgan fingerprint density at radius 3 is 2.74 bits per heavy atom. The van der Waals surface area contributed by atoms with E-state index in [-0.39, 0.29) is 0 Å². The summed E-state index contributed by atoms with van der Waals surface area (Å²) in [5.74, 6) is 0.819. The van der Waals surface area contributed by atoms with Crippen LogP contribution < -0.4 is 10.6 Å². The van der Waals surface area contributed by atoms with Gasteiger partial charge in [0.15, 0.2) is 0 Å². The zero-order chi connectivity index (χ0) is 14.0. The molecule has 1 aromatic carbocycles. The van der Waals surface area contributed by atoms with Crippen LogP contribution in [-0.2, 0) is 0 Å². The van der Waals surface area contributed by atoms with Crippen molar-refractivity contribution in [3.63, 3.8) is 0 Å². The Bertz CT molecular complexity index is 470. The van der Waals surface area contributed by atoms with Gasteiger partial charge in [0.25, 0.3) is 0 Å².